The second kappa shape index (κ2) is 8.10. The van der Waals surface area contributed by atoms with E-state index in [1.807, 2.05) is 26.1 Å². The zero-order chi connectivity index (χ0) is 15.1. The molecule has 0 radical (unpaired) electrons. The first-order valence-corrected chi connectivity index (χ1v) is 7.66. The predicted molar refractivity (Wildman–Crippen MR) is 81.9 cm³/mol. The topological polar surface area (TPSA) is 54.5 Å². The van der Waals surface area contributed by atoms with Gasteiger partial charge in [0.25, 0.3) is 0 Å². The van der Waals surface area contributed by atoms with Gasteiger partial charge in [-0.05, 0) is 50.6 Å². The first-order valence-electron chi connectivity index (χ1n) is 7.66. The normalized spacial score (nSPS) is 17.4. The fraction of sp³-hybridized carbons (Fsp3) is 0.625. The molecule has 2 rings (SSSR count). The van der Waals surface area contributed by atoms with E-state index in [1.54, 1.807) is 17.3 Å². The average molecular weight is 291 g/mol. The number of pyridine rings is 1. The van der Waals surface area contributed by atoms with E-state index >= 15 is 0 Å². The van der Waals surface area contributed by atoms with Gasteiger partial charge in [0, 0.05) is 19.4 Å². The molecular weight excluding hydrogens is 266 g/mol. The maximum atomic E-state index is 12.2. The molecule has 0 spiro atoms. The molecule has 2 heterocycles. The third-order valence-electron chi connectivity index (χ3n) is 4.12. The Balaban J connectivity index is 1.74. The molecule has 1 N–H and O–H groups in total. The van der Waals surface area contributed by atoms with Crippen LogP contribution in [0.4, 0.5) is 0 Å². The number of hydrogen-bond donors (Lipinski definition) is 1. The van der Waals surface area contributed by atoms with Crippen molar-refractivity contribution in [1.82, 2.24) is 15.2 Å². The number of nitrogens with one attached hydrogen (secondary N) is 1. The second-order valence-electron chi connectivity index (χ2n) is 5.53. The lowest BCUT2D eigenvalue weighted by Gasteiger charge is -2.26. The first-order chi connectivity index (χ1) is 10.2. The quantitative estimate of drug-likeness (QED) is 0.868. The molecule has 21 heavy (non-hydrogen) atoms. The maximum Gasteiger partial charge on any atom is 0.225 e. The minimum Gasteiger partial charge on any atom is -0.378 e. The highest BCUT2D eigenvalue weighted by Gasteiger charge is 2.18. The Morgan fingerprint density at radius 2 is 2.10 bits per heavy atom. The fourth-order valence-corrected chi connectivity index (χ4v) is 2.53. The number of nitrogens with zero attached hydrogens (tertiary/aromatic N) is 2. The Bertz CT molecular complexity index is 432. The van der Waals surface area contributed by atoms with Crippen LogP contribution in [-0.4, -0.2) is 48.6 Å². The lowest BCUT2D eigenvalue weighted by Crippen LogP contribution is -2.34. The van der Waals surface area contributed by atoms with Crippen LogP contribution >= 0.6 is 0 Å². The van der Waals surface area contributed by atoms with Crippen molar-refractivity contribution in [2.75, 3.05) is 26.7 Å². The van der Waals surface area contributed by atoms with Crippen molar-refractivity contribution >= 4 is 5.91 Å². The Hall–Kier alpha value is -1.46. The van der Waals surface area contributed by atoms with Gasteiger partial charge in [-0.1, -0.05) is 0 Å². The lowest BCUT2D eigenvalue weighted by atomic mass is 10.1. The summed E-state index contributed by atoms with van der Waals surface area (Å²) in [5, 5.41) is 3.30. The number of ether oxygens (including phenoxy) is 1. The maximum absolute atomic E-state index is 12.2. The molecule has 1 amide bonds. The molecule has 1 aliphatic rings. The van der Waals surface area contributed by atoms with Gasteiger partial charge in [0.2, 0.25) is 5.91 Å². The van der Waals surface area contributed by atoms with Crippen LogP contribution in [0.5, 0.6) is 0 Å². The number of piperidine rings is 1. The summed E-state index contributed by atoms with van der Waals surface area (Å²) in [6.07, 6.45) is 6.33. The number of rotatable bonds is 6. The molecule has 1 fully saturated rings. The molecule has 0 saturated carbocycles. The Kier molecular flexibility index (Phi) is 6.14. The van der Waals surface area contributed by atoms with Crippen LogP contribution in [0.15, 0.2) is 24.5 Å². The standard InChI is InChI=1S/C16H25N3O2/c1-13(14-3-8-17-9-4-14)19(2)16(20)7-12-21-15-5-10-18-11-6-15/h3-4,8-9,13,15,18H,5-7,10-12H2,1-2H3. The Morgan fingerprint density at radius 3 is 2.76 bits per heavy atom. The van der Waals surface area contributed by atoms with Crippen LogP contribution in [0.1, 0.15) is 37.8 Å². The minimum absolute atomic E-state index is 0.0550. The smallest absolute Gasteiger partial charge is 0.225 e. The monoisotopic (exact) mass is 291 g/mol. The van der Waals surface area contributed by atoms with Gasteiger partial charge in [0.05, 0.1) is 25.2 Å². The minimum atomic E-state index is 0.0550. The zero-order valence-electron chi connectivity index (χ0n) is 12.9. The van der Waals surface area contributed by atoms with Crippen LogP contribution in [0.2, 0.25) is 0 Å². The van der Waals surface area contributed by atoms with Gasteiger partial charge in [-0.25, -0.2) is 0 Å². The summed E-state index contributed by atoms with van der Waals surface area (Å²) in [4.78, 5) is 18.0. The molecule has 1 unspecified atom stereocenters. The lowest BCUT2D eigenvalue weighted by molar-refractivity contribution is -0.133. The molecule has 1 aromatic heterocycles. The summed E-state index contributed by atoms with van der Waals surface area (Å²) < 4.78 is 5.79. The molecule has 1 atom stereocenters. The van der Waals surface area contributed by atoms with Crippen LogP contribution in [0.3, 0.4) is 0 Å². The summed E-state index contributed by atoms with van der Waals surface area (Å²) in [6.45, 7) is 4.56. The van der Waals surface area contributed by atoms with Crippen molar-refractivity contribution in [3.05, 3.63) is 30.1 Å². The molecule has 0 aromatic carbocycles. The third kappa shape index (κ3) is 4.79. The van der Waals surface area contributed by atoms with Gasteiger partial charge in [-0.3, -0.25) is 9.78 Å². The van der Waals surface area contributed by atoms with E-state index in [1.165, 1.54) is 0 Å². The van der Waals surface area contributed by atoms with E-state index in [0.717, 1.165) is 31.5 Å². The van der Waals surface area contributed by atoms with E-state index in [2.05, 4.69) is 10.3 Å². The van der Waals surface area contributed by atoms with Gasteiger partial charge in [-0.15, -0.1) is 0 Å². The van der Waals surface area contributed by atoms with Gasteiger partial charge < -0.3 is 15.0 Å². The van der Waals surface area contributed by atoms with Gasteiger partial charge >= 0.3 is 0 Å². The number of carbonyl (C=O) groups excluding carboxylic acids is 1. The highest BCUT2D eigenvalue weighted by molar-refractivity contribution is 5.76. The van der Waals surface area contributed by atoms with Gasteiger partial charge in [-0.2, -0.15) is 0 Å². The highest BCUT2D eigenvalue weighted by atomic mass is 16.5. The fourth-order valence-electron chi connectivity index (χ4n) is 2.53. The molecule has 116 valence electrons. The third-order valence-corrected chi connectivity index (χ3v) is 4.12. The van der Waals surface area contributed by atoms with Crippen molar-refractivity contribution in [3.63, 3.8) is 0 Å². The summed E-state index contributed by atoms with van der Waals surface area (Å²) in [5.41, 5.74) is 1.10. The van der Waals surface area contributed by atoms with Crippen molar-refractivity contribution in [1.29, 1.82) is 0 Å². The second-order valence-corrected chi connectivity index (χ2v) is 5.53. The van der Waals surface area contributed by atoms with Gasteiger partial charge in [0.1, 0.15) is 0 Å². The number of aromatic nitrogens is 1. The molecule has 5 nitrogen and oxygen atoms in total. The summed E-state index contributed by atoms with van der Waals surface area (Å²) in [7, 11) is 1.85. The van der Waals surface area contributed by atoms with Crippen LogP contribution in [-0.2, 0) is 9.53 Å². The average Bonchev–Trinajstić information content (AvgIpc) is 2.55. The van der Waals surface area contributed by atoms with E-state index in [4.69, 9.17) is 4.74 Å². The molecule has 0 bridgehead atoms. The van der Waals surface area contributed by atoms with Crippen molar-refractivity contribution in [2.45, 2.75) is 38.3 Å². The summed E-state index contributed by atoms with van der Waals surface area (Å²) >= 11 is 0. The van der Waals surface area contributed by atoms with E-state index < -0.39 is 0 Å². The number of hydrogen-bond acceptors (Lipinski definition) is 4. The van der Waals surface area contributed by atoms with Crippen LogP contribution in [0.25, 0.3) is 0 Å². The van der Waals surface area contributed by atoms with E-state index in [-0.39, 0.29) is 11.9 Å². The number of carbonyl (C=O) groups is 1. The molecule has 1 aromatic rings. The zero-order valence-corrected chi connectivity index (χ0v) is 12.9. The summed E-state index contributed by atoms with van der Waals surface area (Å²) in [5.74, 6) is 0.119. The molecule has 0 aliphatic carbocycles. The largest absolute Gasteiger partial charge is 0.378 e. The SMILES string of the molecule is CC(c1ccncc1)N(C)C(=O)CCOC1CCNCC1. The first kappa shape index (κ1) is 15.9. The molecule has 5 heteroatoms. The van der Waals surface area contributed by atoms with Crippen LogP contribution < -0.4 is 5.32 Å². The number of amides is 1. The highest BCUT2D eigenvalue weighted by Crippen LogP contribution is 2.18. The Labute approximate surface area is 126 Å². The summed E-state index contributed by atoms with van der Waals surface area (Å²) in [6, 6.07) is 3.94. The van der Waals surface area contributed by atoms with Crippen molar-refractivity contribution < 1.29 is 9.53 Å². The molecular formula is C16H25N3O2. The van der Waals surface area contributed by atoms with Gasteiger partial charge in [0.15, 0.2) is 0 Å². The van der Waals surface area contributed by atoms with Crippen molar-refractivity contribution in [2.24, 2.45) is 0 Å². The van der Waals surface area contributed by atoms with E-state index in [9.17, 15) is 4.79 Å². The van der Waals surface area contributed by atoms with Crippen molar-refractivity contribution in [3.8, 4) is 0 Å². The van der Waals surface area contributed by atoms with E-state index in [0.29, 0.717) is 19.1 Å². The molecule has 1 saturated heterocycles. The molecule has 1 aliphatic heterocycles. The Morgan fingerprint density at radius 1 is 1.43 bits per heavy atom. The van der Waals surface area contributed by atoms with Crippen LogP contribution in [0, 0.1) is 0 Å². The predicted octanol–water partition coefficient (Wildman–Crippen LogP) is 1.76.